The molecule has 1 aliphatic carbocycles. The summed E-state index contributed by atoms with van der Waals surface area (Å²) in [4.78, 5) is 4.68. The second-order valence-electron chi connectivity index (χ2n) is 6.30. The number of likely N-dealkylation sites (tertiary alicyclic amines) is 1. The quantitative estimate of drug-likeness (QED) is 0.769. The highest BCUT2D eigenvalue weighted by Crippen LogP contribution is 2.36. The minimum absolute atomic E-state index is 0.0745. The molecular weight excluding hydrogens is 234 g/mol. The fraction of sp³-hybridized carbons (Fsp3) is 1.00. The van der Waals surface area contributed by atoms with Crippen LogP contribution in [0.15, 0.2) is 0 Å². The molecule has 18 heavy (non-hydrogen) atoms. The number of likely N-dealkylation sites (N-methyl/N-ethyl adjacent to an activating group) is 1. The van der Waals surface area contributed by atoms with Gasteiger partial charge in [-0.3, -0.25) is 9.80 Å². The van der Waals surface area contributed by atoms with Crippen LogP contribution in [0.5, 0.6) is 0 Å². The van der Waals surface area contributed by atoms with Crippen molar-refractivity contribution in [1.82, 2.24) is 9.80 Å². The molecule has 0 radical (unpaired) electrons. The first-order valence-corrected chi connectivity index (χ1v) is 7.23. The molecule has 2 atom stereocenters. The second-order valence-corrected chi connectivity index (χ2v) is 6.30. The van der Waals surface area contributed by atoms with E-state index in [0.29, 0.717) is 18.5 Å². The molecule has 0 amide bonds. The van der Waals surface area contributed by atoms with Gasteiger partial charge in [-0.15, -0.1) is 0 Å². The molecule has 1 heterocycles. The van der Waals surface area contributed by atoms with E-state index in [2.05, 4.69) is 30.7 Å². The van der Waals surface area contributed by atoms with Crippen molar-refractivity contribution in [2.75, 3.05) is 20.1 Å². The van der Waals surface area contributed by atoms with Crippen molar-refractivity contribution in [1.29, 1.82) is 0 Å². The normalized spacial score (nSPS) is 33.5. The summed E-state index contributed by atoms with van der Waals surface area (Å²) in [6, 6.07) is 1.18. The third-order valence-corrected chi connectivity index (χ3v) is 4.72. The highest BCUT2D eigenvalue weighted by molar-refractivity contribution is 4.91. The van der Waals surface area contributed by atoms with Crippen LogP contribution < -0.4 is 0 Å². The van der Waals surface area contributed by atoms with Crippen LogP contribution in [0.1, 0.15) is 46.0 Å². The zero-order valence-electron chi connectivity index (χ0n) is 11.8. The second kappa shape index (κ2) is 5.41. The average molecular weight is 260 g/mol. The van der Waals surface area contributed by atoms with Crippen molar-refractivity contribution in [3.05, 3.63) is 0 Å². The molecule has 0 aromatic rings. The highest BCUT2D eigenvalue weighted by atomic mass is 19.3. The van der Waals surface area contributed by atoms with Crippen molar-refractivity contribution in [3.8, 4) is 0 Å². The van der Waals surface area contributed by atoms with E-state index < -0.39 is 5.92 Å². The molecule has 4 heteroatoms. The molecule has 1 saturated heterocycles. The van der Waals surface area contributed by atoms with E-state index in [4.69, 9.17) is 0 Å². The van der Waals surface area contributed by atoms with E-state index in [-0.39, 0.29) is 18.9 Å². The number of alkyl halides is 2. The molecule has 1 aliphatic heterocycles. The van der Waals surface area contributed by atoms with E-state index in [1.807, 2.05) is 0 Å². The number of halogens is 2. The summed E-state index contributed by atoms with van der Waals surface area (Å²) in [6.45, 7) is 6.34. The predicted octanol–water partition coefficient (Wildman–Crippen LogP) is 2.98. The molecule has 1 saturated carbocycles. The van der Waals surface area contributed by atoms with Gasteiger partial charge in [0.05, 0.1) is 0 Å². The van der Waals surface area contributed by atoms with Gasteiger partial charge in [-0.25, -0.2) is 8.78 Å². The Labute approximate surface area is 109 Å². The van der Waals surface area contributed by atoms with E-state index in [1.54, 1.807) is 0 Å². The Hall–Kier alpha value is -0.220. The molecule has 2 nitrogen and oxygen atoms in total. The average Bonchev–Trinajstić information content (AvgIpc) is 2.75. The van der Waals surface area contributed by atoms with Gasteiger partial charge in [0.2, 0.25) is 5.92 Å². The smallest absolute Gasteiger partial charge is 0.249 e. The maximum atomic E-state index is 13.5. The van der Waals surface area contributed by atoms with Crippen LogP contribution in [0.4, 0.5) is 8.78 Å². The van der Waals surface area contributed by atoms with Gasteiger partial charge in [0.25, 0.3) is 0 Å². The Morgan fingerprint density at radius 3 is 2.61 bits per heavy atom. The molecule has 2 aliphatic rings. The van der Waals surface area contributed by atoms with E-state index in [0.717, 1.165) is 25.9 Å². The van der Waals surface area contributed by atoms with Crippen LogP contribution >= 0.6 is 0 Å². The van der Waals surface area contributed by atoms with E-state index >= 15 is 0 Å². The van der Waals surface area contributed by atoms with Gasteiger partial charge in [-0.05, 0) is 40.2 Å². The molecule has 0 bridgehead atoms. The Kier molecular flexibility index (Phi) is 4.27. The summed E-state index contributed by atoms with van der Waals surface area (Å²) in [5.41, 5.74) is 0. The lowest BCUT2D eigenvalue weighted by atomic mass is 9.91. The van der Waals surface area contributed by atoms with Gasteiger partial charge in [-0.2, -0.15) is 0 Å². The van der Waals surface area contributed by atoms with Gasteiger partial charge >= 0.3 is 0 Å². The fourth-order valence-corrected chi connectivity index (χ4v) is 3.31. The largest absolute Gasteiger partial charge is 0.300 e. The lowest BCUT2D eigenvalue weighted by Gasteiger charge is -2.36. The summed E-state index contributed by atoms with van der Waals surface area (Å²) in [5.74, 6) is -2.43. The number of hydrogen-bond donors (Lipinski definition) is 0. The summed E-state index contributed by atoms with van der Waals surface area (Å²) in [7, 11) is 2.15. The van der Waals surface area contributed by atoms with Crippen LogP contribution in [0, 0.1) is 0 Å². The summed E-state index contributed by atoms with van der Waals surface area (Å²) >= 11 is 0. The molecule has 2 rings (SSSR count). The van der Waals surface area contributed by atoms with E-state index in [9.17, 15) is 8.78 Å². The standard InChI is InChI=1S/C14H26F2N2/c1-11(2)17(3)13-6-8-18(10-13)12-5-4-7-14(15,16)9-12/h11-13H,4-10H2,1-3H3/t12-,13-/m0/s1. The van der Waals surface area contributed by atoms with Crippen molar-refractivity contribution in [2.45, 2.75) is 70.0 Å². The van der Waals surface area contributed by atoms with Crippen molar-refractivity contribution >= 4 is 0 Å². The highest BCUT2D eigenvalue weighted by Gasteiger charge is 2.40. The van der Waals surface area contributed by atoms with Crippen LogP contribution in [0.2, 0.25) is 0 Å². The predicted molar refractivity (Wildman–Crippen MR) is 70.1 cm³/mol. The summed E-state index contributed by atoms with van der Waals surface area (Å²) in [6.07, 6.45) is 2.92. The third-order valence-electron chi connectivity index (χ3n) is 4.72. The monoisotopic (exact) mass is 260 g/mol. The van der Waals surface area contributed by atoms with Crippen molar-refractivity contribution in [3.63, 3.8) is 0 Å². The minimum Gasteiger partial charge on any atom is -0.300 e. The van der Waals surface area contributed by atoms with Crippen LogP contribution in [-0.4, -0.2) is 54.0 Å². The zero-order chi connectivity index (χ0) is 13.3. The van der Waals surface area contributed by atoms with Crippen molar-refractivity contribution in [2.24, 2.45) is 0 Å². The molecule has 2 fully saturated rings. The maximum Gasteiger partial charge on any atom is 0.249 e. The Morgan fingerprint density at radius 1 is 1.28 bits per heavy atom. The lowest BCUT2D eigenvalue weighted by molar-refractivity contribution is -0.0612. The van der Waals surface area contributed by atoms with Crippen molar-refractivity contribution < 1.29 is 8.78 Å². The first-order valence-electron chi connectivity index (χ1n) is 7.23. The molecule has 0 spiro atoms. The Balaban J connectivity index is 1.89. The summed E-state index contributed by atoms with van der Waals surface area (Å²) in [5, 5.41) is 0. The molecule has 106 valence electrons. The SMILES string of the molecule is CC(C)N(C)[C@H]1CCN([C@H]2CCCC(F)(F)C2)C1. The molecular formula is C14H26F2N2. The molecule has 0 aromatic heterocycles. The first kappa shape index (κ1) is 14.2. The third kappa shape index (κ3) is 3.21. The summed E-state index contributed by atoms with van der Waals surface area (Å²) < 4.78 is 26.9. The van der Waals surface area contributed by atoms with E-state index in [1.165, 1.54) is 0 Å². The Morgan fingerprint density at radius 2 is 2.00 bits per heavy atom. The topological polar surface area (TPSA) is 6.48 Å². The van der Waals surface area contributed by atoms with Crippen LogP contribution in [0.25, 0.3) is 0 Å². The van der Waals surface area contributed by atoms with Gasteiger partial charge in [0.15, 0.2) is 0 Å². The van der Waals surface area contributed by atoms with Gasteiger partial charge < -0.3 is 0 Å². The maximum absolute atomic E-state index is 13.5. The molecule has 0 unspecified atom stereocenters. The molecule has 0 N–H and O–H groups in total. The van der Waals surface area contributed by atoms with Gasteiger partial charge in [0, 0.05) is 44.1 Å². The lowest BCUT2D eigenvalue weighted by Crippen LogP contribution is -2.44. The fourth-order valence-electron chi connectivity index (χ4n) is 3.31. The van der Waals surface area contributed by atoms with Gasteiger partial charge in [-0.1, -0.05) is 0 Å². The number of nitrogens with zero attached hydrogens (tertiary/aromatic N) is 2. The number of hydrogen-bond acceptors (Lipinski definition) is 2. The van der Waals surface area contributed by atoms with Crippen LogP contribution in [-0.2, 0) is 0 Å². The van der Waals surface area contributed by atoms with Gasteiger partial charge in [0.1, 0.15) is 0 Å². The Bertz CT molecular complexity index is 281. The minimum atomic E-state index is -2.43. The molecule has 0 aromatic carbocycles. The number of rotatable bonds is 3. The zero-order valence-corrected chi connectivity index (χ0v) is 11.8. The first-order chi connectivity index (χ1) is 8.39. The van der Waals surface area contributed by atoms with Crippen LogP contribution in [0.3, 0.4) is 0 Å².